The second-order valence-corrected chi connectivity index (χ2v) is 7.02. The molecule has 0 radical (unpaired) electrons. The summed E-state index contributed by atoms with van der Waals surface area (Å²) in [5, 5.41) is 2.74. The maximum absolute atomic E-state index is 12.3. The van der Waals surface area contributed by atoms with Crippen molar-refractivity contribution in [3.63, 3.8) is 0 Å². The molecule has 0 spiro atoms. The van der Waals surface area contributed by atoms with Gasteiger partial charge in [-0.15, -0.1) is 0 Å². The highest BCUT2D eigenvalue weighted by Crippen LogP contribution is 2.19. The lowest BCUT2D eigenvalue weighted by atomic mass is 10.1. The van der Waals surface area contributed by atoms with Gasteiger partial charge in [0.25, 0.3) is 0 Å². The van der Waals surface area contributed by atoms with E-state index in [0.29, 0.717) is 5.95 Å². The van der Waals surface area contributed by atoms with E-state index in [9.17, 15) is 8.42 Å². The van der Waals surface area contributed by atoms with Gasteiger partial charge in [-0.3, -0.25) is 0 Å². The number of halogens is 1. The number of aromatic nitrogens is 2. The lowest BCUT2D eigenvalue weighted by Crippen LogP contribution is -2.27. The Balaban J connectivity index is 2.17. The fourth-order valence-corrected chi connectivity index (χ4v) is 3.09. The van der Waals surface area contributed by atoms with Crippen LogP contribution in [0.3, 0.4) is 0 Å². The molecule has 8 heteroatoms. The number of hydrogen-bond donors (Lipinski definition) is 2. The van der Waals surface area contributed by atoms with Crippen molar-refractivity contribution in [3.05, 3.63) is 46.7 Å². The SMILES string of the molecule is CNc1ncc(S(=O)(=O)NC(C)c2ccc(Br)cc2)cn1. The van der Waals surface area contributed by atoms with Crippen LogP contribution in [0.25, 0.3) is 0 Å². The summed E-state index contributed by atoms with van der Waals surface area (Å²) in [6.07, 6.45) is 2.55. The minimum absolute atomic E-state index is 0.0328. The predicted octanol–water partition coefficient (Wildman–Crippen LogP) is 2.32. The van der Waals surface area contributed by atoms with Gasteiger partial charge in [0.2, 0.25) is 16.0 Å². The molecule has 112 valence electrons. The third-order valence-electron chi connectivity index (χ3n) is 2.86. The molecule has 1 aromatic carbocycles. The number of sulfonamides is 1. The first-order chi connectivity index (χ1) is 9.92. The second kappa shape index (κ2) is 6.50. The number of nitrogens with zero attached hydrogens (tertiary/aromatic N) is 2. The molecule has 0 saturated heterocycles. The average molecular weight is 371 g/mol. The van der Waals surface area contributed by atoms with Crippen molar-refractivity contribution in [1.29, 1.82) is 0 Å². The van der Waals surface area contributed by atoms with E-state index in [-0.39, 0.29) is 10.9 Å². The van der Waals surface area contributed by atoms with Gasteiger partial charge >= 0.3 is 0 Å². The summed E-state index contributed by atoms with van der Waals surface area (Å²) in [6.45, 7) is 1.78. The van der Waals surface area contributed by atoms with Gasteiger partial charge in [-0.05, 0) is 24.6 Å². The van der Waals surface area contributed by atoms with Crippen LogP contribution >= 0.6 is 15.9 Å². The van der Waals surface area contributed by atoms with Crippen LogP contribution in [-0.2, 0) is 10.0 Å². The number of nitrogens with one attached hydrogen (secondary N) is 2. The Hall–Kier alpha value is -1.51. The summed E-state index contributed by atoms with van der Waals surface area (Å²) in [5.41, 5.74) is 0.870. The Morgan fingerprint density at radius 2 is 1.71 bits per heavy atom. The van der Waals surface area contributed by atoms with Crippen molar-refractivity contribution in [3.8, 4) is 0 Å². The zero-order valence-corrected chi connectivity index (χ0v) is 13.9. The maximum Gasteiger partial charge on any atom is 0.244 e. The van der Waals surface area contributed by atoms with Crippen molar-refractivity contribution in [2.75, 3.05) is 12.4 Å². The maximum atomic E-state index is 12.3. The molecule has 21 heavy (non-hydrogen) atoms. The quantitative estimate of drug-likeness (QED) is 0.843. The fourth-order valence-electron chi connectivity index (χ4n) is 1.70. The first-order valence-corrected chi connectivity index (χ1v) is 8.47. The van der Waals surface area contributed by atoms with Crippen LogP contribution in [0.1, 0.15) is 18.5 Å². The van der Waals surface area contributed by atoms with Crippen LogP contribution in [0.4, 0.5) is 5.95 Å². The summed E-state index contributed by atoms with van der Waals surface area (Å²) in [6, 6.07) is 7.10. The molecule has 2 aromatic rings. The van der Waals surface area contributed by atoms with Gasteiger partial charge in [-0.2, -0.15) is 0 Å². The molecule has 0 saturated carbocycles. The van der Waals surface area contributed by atoms with Crippen molar-refractivity contribution in [1.82, 2.24) is 14.7 Å². The summed E-state index contributed by atoms with van der Waals surface area (Å²) < 4.78 is 28.1. The second-order valence-electron chi connectivity index (χ2n) is 4.39. The van der Waals surface area contributed by atoms with Crippen molar-refractivity contribution >= 4 is 31.9 Å². The number of anilines is 1. The molecule has 0 amide bonds. The third-order valence-corrected chi connectivity index (χ3v) is 4.89. The largest absolute Gasteiger partial charge is 0.357 e. The summed E-state index contributed by atoms with van der Waals surface area (Å²) in [5.74, 6) is 0.370. The molecule has 0 bridgehead atoms. The lowest BCUT2D eigenvalue weighted by molar-refractivity contribution is 0.566. The van der Waals surface area contributed by atoms with Gasteiger partial charge in [0.1, 0.15) is 4.90 Å². The highest BCUT2D eigenvalue weighted by Gasteiger charge is 2.19. The number of rotatable bonds is 5. The van der Waals surface area contributed by atoms with E-state index in [1.165, 1.54) is 12.4 Å². The minimum Gasteiger partial charge on any atom is -0.357 e. The third kappa shape index (κ3) is 3.99. The van der Waals surface area contributed by atoms with Crippen molar-refractivity contribution in [2.24, 2.45) is 0 Å². The lowest BCUT2D eigenvalue weighted by Gasteiger charge is -2.14. The van der Waals surface area contributed by atoms with E-state index >= 15 is 0 Å². The highest BCUT2D eigenvalue weighted by atomic mass is 79.9. The normalized spacial score (nSPS) is 12.9. The zero-order chi connectivity index (χ0) is 15.5. The van der Waals surface area contributed by atoms with E-state index in [4.69, 9.17) is 0 Å². The van der Waals surface area contributed by atoms with E-state index in [0.717, 1.165) is 10.0 Å². The molecule has 0 aliphatic heterocycles. The molecule has 1 unspecified atom stereocenters. The molecule has 1 heterocycles. The average Bonchev–Trinajstić information content (AvgIpc) is 2.47. The fraction of sp³-hybridized carbons (Fsp3) is 0.231. The smallest absolute Gasteiger partial charge is 0.244 e. The van der Waals surface area contributed by atoms with Crippen LogP contribution in [0.2, 0.25) is 0 Å². The van der Waals surface area contributed by atoms with Crippen molar-refractivity contribution in [2.45, 2.75) is 17.9 Å². The summed E-state index contributed by atoms with van der Waals surface area (Å²) in [4.78, 5) is 7.85. The first kappa shape index (κ1) is 15.9. The Labute approximate surface area is 132 Å². The molecule has 0 fully saturated rings. The van der Waals surface area contributed by atoms with Gasteiger partial charge in [0, 0.05) is 17.6 Å². The van der Waals surface area contributed by atoms with Crippen LogP contribution in [0.5, 0.6) is 0 Å². The van der Waals surface area contributed by atoms with Gasteiger partial charge in [0.15, 0.2) is 0 Å². The van der Waals surface area contributed by atoms with Crippen LogP contribution in [-0.4, -0.2) is 25.4 Å². The van der Waals surface area contributed by atoms with Crippen LogP contribution in [0.15, 0.2) is 46.0 Å². The molecule has 1 aromatic heterocycles. The van der Waals surface area contributed by atoms with Crippen LogP contribution < -0.4 is 10.0 Å². The summed E-state index contributed by atoms with van der Waals surface area (Å²) in [7, 11) is -1.99. The topological polar surface area (TPSA) is 84.0 Å². The molecular formula is C13H15BrN4O2S. The molecule has 0 aliphatic carbocycles. The molecule has 2 N–H and O–H groups in total. The Morgan fingerprint density at radius 1 is 1.14 bits per heavy atom. The predicted molar refractivity (Wildman–Crippen MR) is 84.5 cm³/mol. The number of hydrogen-bond acceptors (Lipinski definition) is 5. The van der Waals surface area contributed by atoms with Gasteiger partial charge in [-0.25, -0.2) is 23.1 Å². The molecule has 6 nitrogen and oxygen atoms in total. The number of benzene rings is 1. The van der Waals surface area contributed by atoms with E-state index in [2.05, 4.69) is 35.9 Å². The minimum atomic E-state index is -3.66. The Morgan fingerprint density at radius 3 is 2.24 bits per heavy atom. The van der Waals surface area contributed by atoms with Gasteiger partial charge in [0.05, 0.1) is 12.4 Å². The van der Waals surface area contributed by atoms with E-state index in [1.807, 2.05) is 24.3 Å². The van der Waals surface area contributed by atoms with Crippen LogP contribution in [0, 0.1) is 0 Å². The van der Waals surface area contributed by atoms with E-state index < -0.39 is 10.0 Å². The van der Waals surface area contributed by atoms with E-state index in [1.54, 1.807) is 14.0 Å². The molecular weight excluding hydrogens is 356 g/mol. The molecule has 2 rings (SSSR count). The molecule has 0 aliphatic rings. The first-order valence-electron chi connectivity index (χ1n) is 6.20. The molecule has 1 atom stereocenters. The Kier molecular flexibility index (Phi) is 4.92. The van der Waals surface area contributed by atoms with Gasteiger partial charge in [-0.1, -0.05) is 28.1 Å². The summed E-state index contributed by atoms with van der Waals surface area (Å²) >= 11 is 3.35. The standard InChI is InChI=1S/C13H15BrN4O2S/c1-9(10-3-5-11(14)6-4-10)18-21(19,20)12-7-16-13(15-2)17-8-12/h3-9,18H,1-2H3,(H,15,16,17). The van der Waals surface area contributed by atoms with Crippen molar-refractivity contribution < 1.29 is 8.42 Å². The van der Waals surface area contributed by atoms with Gasteiger partial charge < -0.3 is 5.32 Å². The zero-order valence-electron chi connectivity index (χ0n) is 11.5. The Bertz CT molecular complexity index is 702. The highest BCUT2D eigenvalue weighted by molar-refractivity contribution is 9.10. The monoisotopic (exact) mass is 370 g/mol.